The second-order valence-corrected chi connectivity index (χ2v) is 5.91. The molecule has 1 aliphatic rings. The van der Waals surface area contributed by atoms with Gasteiger partial charge < -0.3 is 5.32 Å². The van der Waals surface area contributed by atoms with Gasteiger partial charge in [0.15, 0.2) is 0 Å². The van der Waals surface area contributed by atoms with Crippen molar-refractivity contribution in [3.8, 4) is 0 Å². The minimum atomic E-state index is 0.539. The third kappa shape index (κ3) is 2.72. The Balaban J connectivity index is 2.29. The van der Waals surface area contributed by atoms with Gasteiger partial charge in [-0.25, -0.2) is 0 Å². The molecule has 17 heavy (non-hydrogen) atoms. The SMILES string of the molecule is CNCC1CCN(C)C1c1ccc(C)cc1Br. The average molecular weight is 297 g/mol. The van der Waals surface area contributed by atoms with Gasteiger partial charge >= 0.3 is 0 Å². The Labute approximate surface area is 113 Å². The van der Waals surface area contributed by atoms with E-state index in [0.29, 0.717) is 12.0 Å². The van der Waals surface area contributed by atoms with Crippen molar-refractivity contribution < 1.29 is 0 Å². The first-order chi connectivity index (χ1) is 8.13. The van der Waals surface area contributed by atoms with Gasteiger partial charge in [0.2, 0.25) is 0 Å². The summed E-state index contributed by atoms with van der Waals surface area (Å²) < 4.78 is 1.25. The van der Waals surface area contributed by atoms with E-state index in [0.717, 1.165) is 6.54 Å². The van der Waals surface area contributed by atoms with Gasteiger partial charge in [0.05, 0.1) is 0 Å². The van der Waals surface area contributed by atoms with Crippen LogP contribution in [-0.4, -0.2) is 32.1 Å². The predicted molar refractivity (Wildman–Crippen MR) is 76.3 cm³/mol. The second kappa shape index (κ2) is 5.51. The zero-order chi connectivity index (χ0) is 12.4. The lowest BCUT2D eigenvalue weighted by atomic mass is 9.93. The van der Waals surface area contributed by atoms with E-state index >= 15 is 0 Å². The Morgan fingerprint density at radius 1 is 1.47 bits per heavy atom. The molecule has 1 fully saturated rings. The van der Waals surface area contributed by atoms with E-state index in [-0.39, 0.29) is 0 Å². The van der Waals surface area contributed by atoms with Crippen molar-refractivity contribution in [3.63, 3.8) is 0 Å². The highest BCUT2D eigenvalue weighted by Gasteiger charge is 2.33. The molecule has 2 nitrogen and oxygen atoms in total. The molecule has 2 rings (SSSR count). The Hall–Kier alpha value is -0.380. The van der Waals surface area contributed by atoms with Crippen molar-refractivity contribution in [3.05, 3.63) is 33.8 Å². The van der Waals surface area contributed by atoms with Crippen molar-refractivity contribution in [2.24, 2.45) is 5.92 Å². The number of hydrogen-bond acceptors (Lipinski definition) is 2. The lowest BCUT2D eigenvalue weighted by Crippen LogP contribution is -2.27. The van der Waals surface area contributed by atoms with Gasteiger partial charge in [-0.05, 0) is 63.6 Å². The molecule has 2 unspecified atom stereocenters. The van der Waals surface area contributed by atoms with Crippen molar-refractivity contribution in [1.82, 2.24) is 10.2 Å². The highest BCUT2D eigenvalue weighted by molar-refractivity contribution is 9.10. The van der Waals surface area contributed by atoms with E-state index in [2.05, 4.69) is 58.3 Å². The third-order valence-corrected chi connectivity index (χ3v) is 4.40. The van der Waals surface area contributed by atoms with Crippen LogP contribution in [0, 0.1) is 12.8 Å². The second-order valence-electron chi connectivity index (χ2n) is 5.06. The first-order valence-corrected chi connectivity index (χ1v) is 7.03. The summed E-state index contributed by atoms with van der Waals surface area (Å²) in [6, 6.07) is 7.24. The molecule has 2 atom stereocenters. The maximum Gasteiger partial charge on any atom is 0.0397 e. The van der Waals surface area contributed by atoms with Crippen LogP contribution in [-0.2, 0) is 0 Å². The standard InChI is InChI=1S/C14H21BrN2/c1-10-4-5-12(13(15)8-10)14-11(9-16-2)6-7-17(14)3/h4-5,8,11,14,16H,6-7,9H2,1-3H3. The summed E-state index contributed by atoms with van der Waals surface area (Å²) >= 11 is 3.72. The fourth-order valence-electron chi connectivity index (χ4n) is 2.87. The quantitative estimate of drug-likeness (QED) is 0.923. The summed E-state index contributed by atoms with van der Waals surface area (Å²) in [6.07, 6.45) is 1.28. The number of aryl methyl sites for hydroxylation is 1. The molecule has 1 aliphatic heterocycles. The molecule has 0 radical (unpaired) electrons. The molecule has 0 aliphatic carbocycles. The molecule has 1 aromatic carbocycles. The van der Waals surface area contributed by atoms with Crippen LogP contribution in [0.4, 0.5) is 0 Å². The Bertz CT molecular complexity index is 390. The molecule has 1 heterocycles. The van der Waals surface area contributed by atoms with Gasteiger partial charge in [-0.3, -0.25) is 4.90 Å². The molecule has 0 aromatic heterocycles. The number of hydrogen-bond donors (Lipinski definition) is 1. The number of rotatable bonds is 3. The normalized spacial score (nSPS) is 25.4. The van der Waals surface area contributed by atoms with Crippen molar-refractivity contribution >= 4 is 15.9 Å². The van der Waals surface area contributed by atoms with Crippen LogP contribution in [0.5, 0.6) is 0 Å². The van der Waals surface area contributed by atoms with Crippen LogP contribution in [0.1, 0.15) is 23.6 Å². The number of nitrogens with one attached hydrogen (secondary N) is 1. The van der Waals surface area contributed by atoms with Gasteiger partial charge in [-0.2, -0.15) is 0 Å². The van der Waals surface area contributed by atoms with Crippen LogP contribution in [0.3, 0.4) is 0 Å². The summed E-state index contributed by atoms with van der Waals surface area (Å²) in [5.74, 6) is 0.712. The first-order valence-electron chi connectivity index (χ1n) is 6.24. The maximum absolute atomic E-state index is 3.72. The molecule has 0 bridgehead atoms. The van der Waals surface area contributed by atoms with E-state index < -0.39 is 0 Å². The monoisotopic (exact) mass is 296 g/mol. The summed E-state index contributed by atoms with van der Waals surface area (Å²) in [4.78, 5) is 2.47. The van der Waals surface area contributed by atoms with Crippen LogP contribution in [0.2, 0.25) is 0 Å². The molecule has 1 saturated heterocycles. The van der Waals surface area contributed by atoms with Gasteiger partial charge in [0.25, 0.3) is 0 Å². The summed E-state index contributed by atoms with van der Waals surface area (Å²) in [6.45, 7) is 4.42. The third-order valence-electron chi connectivity index (χ3n) is 3.71. The largest absolute Gasteiger partial charge is 0.319 e. The van der Waals surface area contributed by atoms with E-state index in [1.165, 1.54) is 28.6 Å². The fourth-order valence-corrected chi connectivity index (χ4v) is 3.59. The number of likely N-dealkylation sites (tertiary alicyclic amines) is 1. The molecule has 1 N–H and O–H groups in total. The number of halogens is 1. The van der Waals surface area contributed by atoms with Gasteiger partial charge in [-0.15, -0.1) is 0 Å². The van der Waals surface area contributed by atoms with Crippen molar-refractivity contribution in [1.29, 1.82) is 0 Å². The van der Waals surface area contributed by atoms with Gasteiger partial charge in [0, 0.05) is 10.5 Å². The molecule has 0 spiro atoms. The molecule has 3 heteroatoms. The molecule has 1 aromatic rings. The highest BCUT2D eigenvalue weighted by Crippen LogP contribution is 2.39. The Morgan fingerprint density at radius 3 is 2.88 bits per heavy atom. The van der Waals surface area contributed by atoms with Crippen LogP contribution in [0.15, 0.2) is 22.7 Å². The minimum Gasteiger partial charge on any atom is -0.319 e. The Kier molecular flexibility index (Phi) is 4.23. The summed E-state index contributed by atoms with van der Waals surface area (Å²) in [5, 5.41) is 3.32. The topological polar surface area (TPSA) is 15.3 Å². The zero-order valence-corrected chi connectivity index (χ0v) is 12.4. The smallest absolute Gasteiger partial charge is 0.0397 e. The van der Waals surface area contributed by atoms with Crippen LogP contribution < -0.4 is 5.32 Å². The molecule has 0 amide bonds. The predicted octanol–water partition coefficient (Wildman–Crippen LogP) is 2.97. The minimum absolute atomic E-state index is 0.539. The fraction of sp³-hybridized carbons (Fsp3) is 0.571. The van der Waals surface area contributed by atoms with E-state index in [9.17, 15) is 0 Å². The van der Waals surface area contributed by atoms with Crippen LogP contribution >= 0.6 is 15.9 Å². The van der Waals surface area contributed by atoms with E-state index in [1.807, 2.05) is 7.05 Å². The van der Waals surface area contributed by atoms with Gasteiger partial charge in [-0.1, -0.05) is 28.1 Å². The lowest BCUT2D eigenvalue weighted by Gasteiger charge is -2.26. The van der Waals surface area contributed by atoms with E-state index in [1.54, 1.807) is 0 Å². The van der Waals surface area contributed by atoms with Crippen molar-refractivity contribution in [2.45, 2.75) is 19.4 Å². The summed E-state index contributed by atoms with van der Waals surface area (Å²) in [5.41, 5.74) is 2.74. The number of benzene rings is 1. The molecule has 0 saturated carbocycles. The summed E-state index contributed by atoms with van der Waals surface area (Å²) in [7, 11) is 4.27. The lowest BCUT2D eigenvalue weighted by molar-refractivity contribution is 0.273. The van der Waals surface area contributed by atoms with E-state index in [4.69, 9.17) is 0 Å². The van der Waals surface area contributed by atoms with Crippen LogP contribution in [0.25, 0.3) is 0 Å². The van der Waals surface area contributed by atoms with Gasteiger partial charge in [0.1, 0.15) is 0 Å². The molecular formula is C14H21BrN2. The Morgan fingerprint density at radius 2 is 2.24 bits per heavy atom. The zero-order valence-electron chi connectivity index (χ0n) is 10.8. The molecule has 94 valence electrons. The number of nitrogens with zero attached hydrogens (tertiary/aromatic N) is 1. The van der Waals surface area contributed by atoms with Crippen molar-refractivity contribution in [2.75, 3.05) is 27.2 Å². The highest BCUT2D eigenvalue weighted by atomic mass is 79.9. The average Bonchev–Trinajstić information content (AvgIpc) is 2.62. The maximum atomic E-state index is 3.72. The molecular weight excluding hydrogens is 276 g/mol. The first kappa shape index (κ1) is 13.1.